The predicted molar refractivity (Wildman–Crippen MR) is 92.4 cm³/mol. The number of anilines is 2. The van der Waals surface area contributed by atoms with E-state index in [-0.39, 0.29) is 0 Å². The van der Waals surface area contributed by atoms with Gasteiger partial charge in [0.1, 0.15) is 5.82 Å². The van der Waals surface area contributed by atoms with E-state index < -0.39 is 0 Å². The van der Waals surface area contributed by atoms with Crippen LogP contribution >= 0.6 is 11.8 Å². The molecular weight excluding hydrogens is 280 g/mol. The Kier molecular flexibility index (Phi) is 4.91. The molecule has 0 amide bonds. The van der Waals surface area contributed by atoms with Gasteiger partial charge in [-0.2, -0.15) is 11.8 Å². The number of rotatable bonds is 3. The highest BCUT2D eigenvalue weighted by molar-refractivity contribution is 7.99. The first-order valence-electron chi connectivity index (χ1n) is 8.05. The summed E-state index contributed by atoms with van der Waals surface area (Å²) >= 11 is 2.03. The highest BCUT2D eigenvalue weighted by atomic mass is 32.2. The molecule has 2 fully saturated rings. The number of thioether (sulfide) groups is 1. The molecule has 0 spiro atoms. The van der Waals surface area contributed by atoms with Gasteiger partial charge >= 0.3 is 0 Å². The van der Waals surface area contributed by atoms with E-state index in [2.05, 4.69) is 29.3 Å². The Balaban J connectivity index is 1.63. The van der Waals surface area contributed by atoms with Gasteiger partial charge in [-0.15, -0.1) is 0 Å². The van der Waals surface area contributed by atoms with Gasteiger partial charge in [-0.05, 0) is 44.7 Å². The summed E-state index contributed by atoms with van der Waals surface area (Å²) in [6.07, 6.45) is 4.61. The maximum Gasteiger partial charge on any atom is 0.129 e. The third-order valence-corrected chi connectivity index (χ3v) is 5.48. The van der Waals surface area contributed by atoms with Crippen LogP contribution in [0, 0.1) is 6.92 Å². The standard InChI is InChI=1S/C16H26N4S/c1-12-15(19-14-4-2-13(17)3-5-14)6-7-16(18-12)20-8-10-21-11-9-20/h6-7,13-14,19H,2-5,8-11,17H2,1H3. The molecule has 1 aliphatic carbocycles. The molecule has 1 saturated heterocycles. The van der Waals surface area contributed by atoms with Crippen LogP contribution in [0.1, 0.15) is 31.4 Å². The maximum absolute atomic E-state index is 5.98. The van der Waals surface area contributed by atoms with Crippen LogP contribution in [0.2, 0.25) is 0 Å². The third kappa shape index (κ3) is 3.83. The van der Waals surface area contributed by atoms with Gasteiger partial charge in [0.2, 0.25) is 0 Å². The van der Waals surface area contributed by atoms with E-state index in [0.29, 0.717) is 12.1 Å². The maximum atomic E-state index is 5.98. The summed E-state index contributed by atoms with van der Waals surface area (Å²) in [5, 5.41) is 3.66. The molecular formula is C16H26N4S. The molecule has 1 saturated carbocycles. The molecule has 0 bridgehead atoms. The quantitative estimate of drug-likeness (QED) is 0.899. The van der Waals surface area contributed by atoms with Crippen LogP contribution in [0.3, 0.4) is 0 Å². The van der Waals surface area contributed by atoms with E-state index in [1.807, 2.05) is 11.8 Å². The number of pyridine rings is 1. The Morgan fingerprint density at radius 2 is 1.90 bits per heavy atom. The lowest BCUT2D eigenvalue weighted by Crippen LogP contribution is -2.34. The van der Waals surface area contributed by atoms with Crippen LogP contribution in [-0.2, 0) is 0 Å². The second kappa shape index (κ2) is 6.88. The van der Waals surface area contributed by atoms with Crippen molar-refractivity contribution < 1.29 is 0 Å². The number of hydrogen-bond acceptors (Lipinski definition) is 5. The van der Waals surface area contributed by atoms with Crippen LogP contribution in [0.5, 0.6) is 0 Å². The van der Waals surface area contributed by atoms with E-state index >= 15 is 0 Å². The van der Waals surface area contributed by atoms with Crippen molar-refractivity contribution in [1.29, 1.82) is 0 Å². The fourth-order valence-corrected chi connectivity index (χ4v) is 4.06. The molecule has 0 radical (unpaired) electrons. The van der Waals surface area contributed by atoms with Crippen molar-refractivity contribution in [2.45, 2.75) is 44.7 Å². The normalized spacial score (nSPS) is 26.7. The molecule has 0 atom stereocenters. The minimum absolute atomic E-state index is 0.404. The van der Waals surface area contributed by atoms with Gasteiger partial charge in [0.15, 0.2) is 0 Å². The van der Waals surface area contributed by atoms with Crippen LogP contribution in [-0.4, -0.2) is 41.7 Å². The zero-order valence-electron chi connectivity index (χ0n) is 12.8. The van der Waals surface area contributed by atoms with Crippen molar-refractivity contribution in [1.82, 2.24) is 4.98 Å². The van der Waals surface area contributed by atoms with Crippen LogP contribution < -0.4 is 16.0 Å². The molecule has 21 heavy (non-hydrogen) atoms. The molecule has 2 aliphatic rings. The van der Waals surface area contributed by atoms with Crippen LogP contribution in [0.25, 0.3) is 0 Å². The largest absolute Gasteiger partial charge is 0.381 e. The first-order valence-corrected chi connectivity index (χ1v) is 9.20. The Morgan fingerprint density at radius 1 is 1.19 bits per heavy atom. The topological polar surface area (TPSA) is 54.2 Å². The molecule has 3 N–H and O–H groups in total. The third-order valence-electron chi connectivity index (χ3n) is 4.54. The molecule has 5 heteroatoms. The van der Waals surface area contributed by atoms with Crippen molar-refractivity contribution in [2.24, 2.45) is 5.73 Å². The smallest absolute Gasteiger partial charge is 0.129 e. The molecule has 0 unspecified atom stereocenters. The first kappa shape index (κ1) is 15.0. The van der Waals surface area contributed by atoms with E-state index in [1.54, 1.807) is 0 Å². The monoisotopic (exact) mass is 306 g/mol. The van der Waals surface area contributed by atoms with Gasteiger partial charge in [0, 0.05) is 36.7 Å². The highest BCUT2D eigenvalue weighted by Crippen LogP contribution is 2.25. The number of nitrogens with one attached hydrogen (secondary N) is 1. The molecule has 1 aromatic heterocycles. The van der Waals surface area contributed by atoms with Crippen molar-refractivity contribution in [2.75, 3.05) is 34.8 Å². The lowest BCUT2D eigenvalue weighted by Gasteiger charge is -2.30. The van der Waals surface area contributed by atoms with Gasteiger partial charge in [0.05, 0.1) is 11.4 Å². The molecule has 4 nitrogen and oxygen atoms in total. The molecule has 2 heterocycles. The SMILES string of the molecule is Cc1nc(N2CCSCC2)ccc1NC1CCC(N)CC1. The van der Waals surface area contributed by atoms with Gasteiger partial charge in [-0.25, -0.2) is 4.98 Å². The molecule has 1 aromatic rings. The van der Waals surface area contributed by atoms with E-state index in [4.69, 9.17) is 10.7 Å². The first-order chi connectivity index (χ1) is 10.2. The van der Waals surface area contributed by atoms with Crippen molar-refractivity contribution in [3.8, 4) is 0 Å². The van der Waals surface area contributed by atoms with Crippen LogP contribution in [0.4, 0.5) is 11.5 Å². The van der Waals surface area contributed by atoms with E-state index in [9.17, 15) is 0 Å². The lowest BCUT2D eigenvalue weighted by atomic mass is 9.91. The van der Waals surface area contributed by atoms with Gasteiger partial charge in [0.25, 0.3) is 0 Å². The predicted octanol–water partition coefficient (Wildman–Crippen LogP) is 2.63. The van der Waals surface area contributed by atoms with Crippen molar-refractivity contribution in [3.05, 3.63) is 17.8 Å². The fourth-order valence-electron chi connectivity index (χ4n) is 3.15. The minimum Gasteiger partial charge on any atom is -0.381 e. The van der Waals surface area contributed by atoms with E-state index in [1.165, 1.54) is 30.0 Å². The summed E-state index contributed by atoms with van der Waals surface area (Å²) in [5.41, 5.74) is 8.27. The summed E-state index contributed by atoms with van der Waals surface area (Å²) in [6.45, 7) is 4.34. The average Bonchev–Trinajstić information content (AvgIpc) is 2.52. The number of nitrogens with zero attached hydrogens (tertiary/aromatic N) is 2. The number of aryl methyl sites for hydroxylation is 1. The lowest BCUT2D eigenvalue weighted by molar-refractivity contribution is 0.411. The summed E-state index contributed by atoms with van der Waals surface area (Å²) < 4.78 is 0. The van der Waals surface area contributed by atoms with Crippen LogP contribution in [0.15, 0.2) is 12.1 Å². The Bertz CT molecular complexity index is 465. The molecule has 0 aromatic carbocycles. The second-order valence-electron chi connectivity index (χ2n) is 6.16. The highest BCUT2D eigenvalue weighted by Gasteiger charge is 2.19. The molecule has 116 valence electrons. The minimum atomic E-state index is 0.404. The fraction of sp³-hybridized carbons (Fsp3) is 0.688. The number of nitrogens with two attached hydrogens (primary N) is 1. The van der Waals surface area contributed by atoms with Gasteiger partial charge < -0.3 is 16.0 Å². The Hall–Kier alpha value is -0.940. The number of hydrogen-bond donors (Lipinski definition) is 2. The van der Waals surface area contributed by atoms with E-state index in [0.717, 1.165) is 37.4 Å². The summed E-state index contributed by atoms with van der Waals surface area (Å²) in [5.74, 6) is 3.55. The van der Waals surface area contributed by atoms with Crippen molar-refractivity contribution in [3.63, 3.8) is 0 Å². The Labute approximate surface area is 131 Å². The molecule has 1 aliphatic heterocycles. The summed E-state index contributed by atoms with van der Waals surface area (Å²) in [6, 6.07) is 5.33. The van der Waals surface area contributed by atoms with Gasteiger partial charge in [-0.1, -0.05) is 0 Å². The molecule has 3 rings (SSSR count). The van der Waals surface area contributed by atoms with Gasteiger partial charge in [-0.3, -0.25) is 0 Å². The Morgan fingerprint density at radius 3 is 2.57 bits per heavy atom. The number of aromatic nitrogens is 1. The zero-order valence-corrected chi connectivity index (χ0v) is 13.7. The van der Waals surface area contributed by atoms with Crippen molar-refractivity contribution >= 4 is 23.3 Å². The second-order valence-corrected chi connectivity index (χ2v) is 7.38. The zero-order chi connectivity index (χ0) is 14.7. The average molecular weight is 306 g/mol. The summed E-state index contributed by atoms with van der Waals surface area (Å²) in [7, 11) is 0. The summed E-state index contributed by atoms with van der Waals surface area (Å²) in [4.78, 5) is 7.20.